The predicted molar refractivity (Wildman–Crippen MR) is 94.1 cm³/mol. The number of sulfonamides is 1. The van der Waals surface area contributed by atoms with E-state index in [2.05, 4.69) is 5.32 Å². The van der Waals surface area contributed by atoms with Crippen molar-refractivity contribution < 1.29 is 21.6 Å². The average molecular weight is 384 g/mol. The maximum atomic E-state index is 12.6. The fourth-order valence-corrected chi connectivity index (χ4v) is 5.99. The van der Waals surface area contributed by atoms with Gasteiger partial charge in [0, 0.05) is 36.5 Å². The molecule has 2 heterocycles. The molecule has 1 aromatic rings. The maximum Gasteiger partial charge on any atom is 0.243 e. The van der Waals surface area contributed by atoms with Gasteiger partial charge in [-0.1, -0.05) is 12.1 Å². The lowest BCUT2D eigenvalue weighted by molar-refractivity contribution is -0.116. The number of anilines is 1. The summed E-state index contributed by atoms with van der Waals surface area (Å²) in [6, 6.07) is 6.14. The van der Waals surface area contributed by atoms with Crippen LogP contribution in [0.3, 0.4) is 0 Å². The lowest BCUT2D eigenvalue weighted by Gasteiger charge is -2.16. The molecule has 1 fully saturated rings. The minimum absolute atomic E-state index is 0.0405. The molecule has 1 saturated heterocycles. The van der Waals surface area contributed by atoms with Crippen molar-refractivity contribution in [3.8, 4) is 0 Å². The van der Waals surface area contributed by atoms with Gasteiger partial charge in [0.25, 0.3) is 0 Å². The van der Waals surface area contributed by atoms with Crippen LogP contribution in [0.4, 0.5) is 5.69 Å². The van der Waals surface area contributed by atoms with Gasteiger partial charge in [0.15, 0.2) is 9.84 Å². The van der Waals surface area contributed by atoms with Crippen molar-refractivity contribution in [2.75, 3.05) is 24.2 Å². The number of rotatable bonds is 5. The van der Waals surface area contributed by atoms with Gasteiger partial charge in [-0.05, 0) is 31.0 Å². The number of hydrogen-bond acceptors (Lipinski definition) is 5. The van der Waals surface area contributed by atoms with Crippen molar-refractivity contribution in [1.29, 1.82) is 0 Å². The van der Waals surface area contributed by atoms with E-state index >= 15 is 0 Å². The monoisotopic (exact) mass is 384 g/mol. The third-order valence-corrected chi connectivity index (χ3v) is 7.63. The number of amides is 1. The molecule has 25 heavy (non-hydrogen) atoms. The van der Waals surface area contributed by atoms with E-state index in [1.54, 1.807) is 12.1 Å². The highest BCUT2D eigenvalue weighted by atomic mass is 32.2. The molecule has 0 saturated carbocycles. The Labute approximate surface area is 147 Å². The lowest BCUT2D eigenvalue weighted by Crippen LogP contribution is -2.28. The summed E-state index contributed by atoms with van der Waals surface area (Å²) < 4.78 is 49.3. The molecule has 0 aromatic heterocycles. The zero-order valence-corrected chi connectivity index (χ0v) is 15.2. The molecule has 9 heteroatoms. The highest BCUT2D eigenvalue weighted by Gasteiger charge is 2.27. The van der Waals surface area contributed by atoms with Crippen LogP contribution in [0.25, 0.3) is 0 Å². The fourth-order valence-electron chi connectivity index (χ4n) is 3.03. The Hall–Kier alpha value is -1.71. The number of benzene rings is 1. The molecule has 0 bridgehead atoms. The summed E-state index contributed by atoms with van der Waals surface area (Å²) in [6.45, 7) is 1.03. The van der Waals surface area contributed by atoms with Crippen LogP contribution >= 0.6 is 0 Å². The molecule has 1 N–H and O–H groups in total. The number of carbonyl (C=O) groups excluding carboxylic acids is 1. The lowest BCUT2D eigenvalue weighted by atomic mass is 10.1. The van der Waals surface area contributed by atoms with Crippen LogP contribution in [-0.4, -0.2) is 45.9 Å². The number of carbonyl (C=O) groups is 1. The summed E-state index contributed by atoms with van der Waals surface area (Å²) in [7, 11) is -6.74. The number of allylic oxidation sites excluding steroid dienone is 1. The normalized spacial score (nSPS) is 23.0. The number of nitrogens with zero attached hydrogens (tertiary/aromatic N) is 1. The average Bonchev–Trinajstić information content (AvgIpc) is 3.17. The van der Waals surface area contributed by atoms with E-state index < -0.39 is 19.9 Å². The first kappa shape index (κ1) is 18.1. The molecule has 1 atom stereocenters. The molecular weight excluding hydrogens is 364 g/mol. The standard InChI is InChI=1S/C16H20N2O5S2/c19-16(10-13-6-9-24(20,21)12-13)17-14-4-3-5-15(11-14)25(22,23)18-7-1-2-8-18/h3-6,9,11,13H,1-2,7-8,10,12H2,(H,17,19)/t13-/m1/s1. The molecule has 1 aromatic carbocycles. The Balaban J connectivity index is 1.67. The molecular formula is C16H20N2O5S2. The van der Waals surface area contributed by atoms with Crippen LogP contribution in [0.15, 0.2) is 40.6 Å². The van der Waals surface area contributed by atoms with E-state index in [0.717, 1.165) is 18.2 Å². The Bertz CT molecular complexity index is 900. The molecule has 1 amide bonds. The van der Waals surface area contributed by atoms with Gasteiger partial charge in [0.05, 0.1) is 10.6 Å². The molecule has 0 unspecified atom stereocenters. The van der Waals surface area contributed by atoms with Gasteiger partial charge in [0.2, 0.25) is 15.9 Å². The van der Waals surface area contributed by atoms with Crippen LogP contribution in [-0.2, 0) is 24.7 Å². The SMILES string of the molecule is O=C(C[C@H]1C=CS(=O)(=O)C1)Nc1cccc(S(=O)(=O)N2CCCC2)c1. The van der Waals surface area contributed by atoms with E-state index in [1.807, 2.05) is 0 Å². The van der Waals surface area contributed by atoms with E-state index in [1.165, 1.54) is 22.5 Å². The van der Waals surface area contributed by atoms with Crippen molar-refractivity contribution in [2.45, 2.75) is 24.2 Å². The van der Waals surface area contributed by atoms with E-state index in [9.17, 15) is 21.6 Å². The third kappa shape index (κ3) is 4.28. The summed E-state index contributed by atoms with van der Waals surface area (Å²) in [6.07, 6.45) is 3.27. The van der Waals surface area contributed by atoms with Gasteiger partial charge in [-0.3, -0.25) is 4.79 Å². The zero-order chi connectivity index (χ0) is 18.1. The first-order valence-corrected chi connectivity index (χ1v) is 11.2. The second-order valence-corrected chi connectivity index (χ2v) is 10.2. The first-order valence-electron chi connectivity index (χ1n) is 8.07. The molecule has 7 nitrogen and oxygen atoms in total. The summed E-state index contributed by atoms with van der Waals surface area (Å²) in [5.74, 6) is -0.756. The number of hydrogen-bond donors (Lipinski definition) is 1. The van der Waals surface area contributed by atoms with Crippen molar-refractivity contribution in [3.63, 3.8) is 0 Å². The van der Waals surface area contributed by atoms with Crippen molar-refractivity contribution in [3.05, 3.63) is 35.7 Å². The Morgan fingerprint density at radius 2 is 1.96 bits per heavy atom. The Kier molecular flexibility index (Phi) is 4.99. The summed E-state index contributed by atoms with van der Waals surface area (Å²) >= 11 is 0. The molecule has 136 valence electrons. The van der Waals surface area contributed by atoms with Crippen LogP contribution < -0.4 is 5.32 Å². The second-order valence-electron chi connectivity index (χ2n) is 6.31. The maximum absolute atomic E-state index is 12.6. The van der Waals surface area contributed by atoms with Gasteiger partial charge in [0.1, 0.15) is 0 Å². The first-order chi connectivity index (χ1) is 11.8. The number of sulfone groups is 1. The minimum atomic E-state index is -3.54. The largest absolute Gasteiger partial charge is 0.326 e. The summed E-state index contributed by atoms with van der Waals surface area (Å²) in [5.41, 5.74) is 0.384. The molecule has 2 aliphatic heterocycles. The van der Waals surface area contributed by atoms with E-state index in [-0.39, 0.29) is 28.9 Å². The highest BCUT2D eigenvalue weighted by molar-refractivity contribution is 7.94. The Morgan fingerprint density at radius 1 is 1.24 bits per heavy atom. The van der Waals surface area contributed by atoms with Gasteiger partial charge in [-0.2, -0.15) is 4.31 Å². The Morgan fingerprint density at radius 3 is 2.60 bits per heavy atom. The van der Waals surface area contributed by atoms with Crippen molar-refractivity contribution >= 4 is 31.5 Å². The molecule has 0 radical (unpaired) electrons. The smallest absolute Gasteiger partial charge is 0.243 e. The number of nitrogens with one attached hydrogen (secondary N) is 1. The predicted octanol–water partition coefficient (Wildman–Crippen LogP) is 1.36. The third-order valence-electron chi connectivity index (χ3n) is 4.27. The van der Waals surface area contributed by atoms with Gasteiger partial charge in [-0.15, -0.1) is 0 Å². The van der Waals surface area contributed by atoms with Crippen molar-refractivity contribution in [2.24, 2.45) is 5.92 Å². The van der Waals surface area contributed by atoms with Crippen LogP contribution in [0, 0.1) is 5.92 Å². The van der Waals surface area contributed by atoms with Gasteiger partial charge >= 0.3 is 0 Å². The summed E-state index contributed by atoms with van der Waals surface area (Å²) in [5, 5.41) is 3.78. The summed E-state index contributed by atoms with van der Waals surface area (Å²) in [4.78, 5) is 12.2. The molecule has 0 aliphatic carbocycles. The quantitative estimate of drug-likeness (QED) is 0.826. The van der Waals surface area contributed by atoms with Crippen LogP contribution in [0.2, 0.25) is 0 Å². The minimum Gasteiger partial charge on any atom is -0.326 e. The second kappa shape index (κ2) is 6.89. The molecule has 0 spiro atoms. The van der Waals surface area contributed by atoms with Crippen LogP contribution in [0.1, 0.15) is 19.3 Å². The van der Waals surface area contributed by atoms with Crippen molar-refractivity contribution in [1.82, 2.24) is 4.31 Å². The van der Waals surface area contributed by atoms with E-state index in [4.69, 9.17) is 0 Å². The highest BCUT2D eigenvalue weighted by Crippen LogP contribution is 2.24. The van der Waals surface area contributed by atoms with E-state index in [0.29, 0.717) is 18.8 Å². The van der Waals surface area contributed by atoms with Gasteiger partial charge in [-0.25, -0.2) is 16.8 Å². The molecule has 2 aliphatic rings. The van der Waals surface area contributed by atoms with Gasteiger partial charge < -0.3 is 5.32 Å². The topological polar surface area (TPSA) is 101 Å². The zero-order valence-electron chi connectivity index (χ0n) is 13.6. The van der Waals surface area contributed by atoms with Crippen LogP contribution in [0.5, 0.6) is 0 Å². The fraction of sp³-hybridized carbons (Fsp3) is 0.438. The molecule has 3 rings (SSSR count).